The van der Waals surface area contributed by atoms with Gasteiger partial charge in [-0.1, -0.05) is 23.4 Å². The number of carbonyl (C=O) groups is 1. The molecule has 1 amide bonds. The fraction of sp³-hybridized carbons (Fsp3) is 0.192. The van der Waals surface area contributed by atoms with Gasteiger partial charge in [0.2, 0.25) is 5.91 Å². The number of amides is 1. The molecule has 1 N–H and O–H groups in total. The average Bonchev–Trinajstić information content (AvgIpc) is 3.34. The largest absolute Gasteiger partial charge is 0.497 e. The molecule has 5 rings (SSSR count). The van der Waals surface area contributed by atoms with Crippen LogP contribution >= 0.6 is 23.4 Å². The van der Waals surface area contributed by atoms with Gasteiger partial charge in [-0.15, -0.1) is 10.2 Å². The molecule has 37 heavy (non-hydrogen) atoms. The van der Waals surface area contributed by atoms with E-state index in [-0.39, 0.29) is 18.3 Å². The number of benzene rings is 3. The Morgan fingerprint density at radius 1 is 1.00 bits per heavy atom. The molecule has 0 saturated carbocycles. The molecule has 1 aromatic heterocycles. The molecule has 0 aliphatic carbocycles. The minimum Gasteiger partial charge on any atom is -0.497 e. The highest BCUT2D eigenvalue weighted by molar-refractivity contribution is 7.99. The molecule has 4 aromatic rings. The number of aromatic nitrogens is 3. The molecule has 1 aliphatic heterocycles. The molecule has 190 valence electrons. The minimum atomic E-state index is -0.190. The summed E-state index contributed by atoms with van der Waals surface area (Å²) in [5.41, 5.74) is 1.44. The van der Waals surface area contributed by atoms with Crippen LogP contribution in [0.2, 0.25) is 5.02 Å². The maximum Gasteiger partial charge on any atom is 0.234 e. The third-order valence-corrected chi connectivity index (χ3v) is 6.55. The van der Waals surface area contributed by atoms with Crippen molar-refractivity contribution in [2.24, 2.45) is 0 Å². The van der Waals surface area contributed by atoms with E-state index in [1.165, 1.54) is 11.8 Å². The van der Waals surface area contributed by atoms with Gasteiger partial charge < -0.3 is 24.3 Å². The summed E-state index contributed by atoms with van der Waals surface area (Å²) in [7, 11) is 1.61. The number of nitrogens with zero attached hydrogens (tertiary/aromatic N) is 3. The lowest BCUT2D eigenvalue weighted by atomic mass is 10.2. The van der Waals surface area contributed by atoms with Crippen LogP contribution in [0.4, 0.5) is 5.69 Å². The second-order valence-corrected chi connectivity index (χ2v) is 9.25. The lowest BCUT2D eigenvalue weighted by Crippen LogP contribution is -2.17. The van der Waals surface area contributed by atoms with Crippen LogP contribution < -0.4 is 24.3 Å². The number of carbonyl (C=O) groups excluding carboxylic acids is 1. The molecule has 0 radical (unpaired) electrons. The van der Waals surface area contributed by atoms with Crippen molar-refractivity contribution in [3.63, 3.8) is 0 Å². The van der Waals surface area contributed by atoms with Gasteiger partial charge in [0.15, 0.2) is 22.5 Å². The predicted molar refractivity (Wildman–Crippen MR) is 140 cm³/mol. The number of ether oxygens (including phenoxy) is 4. The summed E-state index contributed by atoms with van der Waals surface area (Å²) in [5.74, 6) is 3.17. The minimum absolute atomic E-state index is 0.126. The maximum absolute atomic E-state index is 12.7. The fourth-order valence-electron chi connectivity index (χ4n) is 3.60. The van der Waals surface area contributed by atoms with Crippen molar-refractivity contribution in [1.82, 2.24) is 14.8 Å². The number of thioether (sulfide) groups is 1. The Labute approximate surface area is 222 Å². The third-order valence-electron chi connectivity index (χ3n) is 5.37. The number of halogens is 1. The van der Waals surface area contributed by atoms with Crippen molar-refractivity contribution in [2.45, 2.75) is 11.8 Å². The molecular weight excluding hydrogens is 516 g/mol. The second-order valence-electron chi connectivity index (χ2n) is 7.87. The van der Waals surface area contributed by atoms with Gasteiger partial charge in [-0.2, -0.15) is 0 Å². The van der Waals surface area contributed by atoms with Gasteiger partial charge in [-0.25, -0.2) is 0 Å². The lowest BCUT2D eigenvalue weighted by molar-refractivity contribution is -0.113. The third kappa shape index (κ3) is 6.10. The van der Waals surface area contributed by atoms with Crippen LogP contribution in [0.5, 0.6) is 23.0 Å². The first-order chi connectivity index (χ1) is 18.1. The fourth-order valence-corrected chi connectivity index (χ4v) is 4.50. The first-order valence-electron chi connectivity index (χ1n) is 11.4. The van der Waals surface area contributed by atoms with Crippen molar-refractivity contribution in [2.75, 3.05) is 31.4 Å². The molecule has 0 saturated heterocycles. The highest BCUT2D eigenvalue weighted by atomic mass is 35.5. The number of nitrogens with one attached hydrogen (secondary N) is 1. The number of hydrogen-bond acceptors (Lipinski definition) is 8. The summed E-state index contributed by atoms with van der Waals surface area (Å²) >= 11 is 7.23. The van der Waals surface area contributed by atoms with Crippen molar-refractivity contribution >= 4 is 35.0 Å². The summed E-state index contributed by atoms with van der Waals surface area (Å²) in [6, 6.07) is 19.9. The first kappa shape index (κ1) is 24.8. The zero-order chi connectivity index (χ0) is 25.6. The van der Waals surface area contributed by atoms with E-state index in [0.717, 1.165) is 11.4 Å². The van der Waals surface area contributed by atoms with Gasteiger partial charge in [0, 0.05) is 22.5 Å². The molecule has 0 fully saturated rings. The Morgan fingerprint density at radius 2 is 1.73 bits per heavy atom. The Balaban J connectivity index is 1.30. The normalized spacial score (nSPS) is 12.2. The monoisotopic (exact) mass is 538 g/mol. The van der Waals surface area contributed by atoms with E-state index in [1.807, 2.05) is 28.8 Å². The molecule has 2 heterocycles. The lowest BCUT2D eigenvalue weighted by Gasteiger charge is -2.19. The predicted octanol–water partition coefficient (Wildman–Crippen LogP) is 5.01. The smallest absolute Gasteiger partial charge is 0.234 e. The van der Waals surface area contributed by atoms with Crippen molar-refractivity contribution in [3.8, 4) is 28.7 Å². The number of hydrogen-bond donors (Lipinski definition) is 1. The zero-order valence-corrected chi connectivity index (χ0v) is 21.4. The maximum atomic E-state index is 12.7. The first-order valence-corrected chi connectivity index (χ1v) is 12.7. The number of fused-ring (bicyclic) bond motifs is 1. The topological polar surface area (TPSA) is 96.7 Å². The van der Waals surface area contributed by atoms with Crippen LogP contribution in [0.25, 0.3) is 5.69 Å². The van der Waals surface area contributed by atoms with Gasteiger partial charge in [-0.05, 0) is 60.7 Å². The van der Waals surface area contributed by atoms with Crippen molar-refractivity contribution < 1.29 is 23.7 Å². The van der Waals surface area contributed by atoms with Gasteiger partial charge >= 0.3 is 0 Å². The summed E-state index contributed by atoms with van der Waals surface area (Å²) in [6.45, 7) is 1.16. The van der Waals surface area contributed by atoms with Gasteiger partial charge in [0.25, 0.3) is 0 Å². The van der Waals surface area contributed by atoms with Crippen LogP contribution in [0, 0.1) is 0 Å². The van der Waals surface area contributed by atoms with Crippen LogP contribution in [-0.2, 0) is 11.4 Å². The second kappa shape index (κ2) is 11.4. The van der Waals surface area contributed by atoms with E-state index in [0.29, 0.717) is 52.2 Å². The molecule has 9 nitrogen and oxygen atoms in total. The van der Waals surface area contributed by atoms with Crippen molar-refractivity contribution in [3.05, 3.63) is 77.6 Å². The van der Waals surface area contributed by atoms with E-state index in [9.17, 15) is 4.79 Å². The van der Waals surface area contributed by atoms with Gasteiger partial charge in [0.05, 0.1) is 12.9 Å². The van der Waals surface area contributed by atoms with Crippen LogP contribution in [-0.4, -0.2) is 46.7 Å². The van der Waals surface area contributed by atoms with E-state index in [1.54, 1.807) is 49.6 Å². The molecular formula is C26H23ClN4O5S. The SMILES string of the molecule is COc1ccc(-n2c(COc3ccc(Cl)cc3)nnc2SCC(=O)Nc2ccc3c(c2)OCCO3)cc1. The standard InChI is InChI=1S/C26H23ClN4O5S/c1-33-20-9-5-19(6-10-20)31-24(15-36-21-7-2-17(27)3-8-21)29-30-26(31)37-16-25(32)28-18-4-11-22-23(14-18)35-13-12-34-22/h2-11,14H,12-13,15-16H2,1H3,(H,28,32). The highest BCUT2D eigenvalue weighted by Gasteiger charge is 2.18. The number of rotatable bonds is 9. The van der Waals surface area contributed by atoms with Gasteiger partial charge in [-0.3, -0.25) is 9.36 Å². The quantitative estimate of drug-likeness (QED) is 0.297. The average molecular weight is 539 g/mol. The molecule has 0 spiro atoms. The molecule has 1 aliphatic rings. The van der Waals surface area contributed by atoms with Crippen LogP contribution in [0.3, 0.4) is 0 Å². The van der Waals surface area contributed by atoms with Crippen LogP contribution in [0.15, 0.2) is 71.9 Å². The van der Waals surface area contributed by atoms with Crippen molar-refractivity contribution in [1.29, 1.82) is 0 Å². The molecule has 0 unspecified atom stereocenters. The Morgan fingerprint density at radius 3 is 2.49 bits per heavy atom. The highest BCUT2D eigenvalue weighted by Crippen LogP contribution is 2.33. The number of methoxy groups -OCH3 is 1. The zero-order valence-electron chi connectivity index (χ0n) is 19.8. The van der Waals surface area contributed by atoms with Crippen LogP contribution in [0.1, 0.15) is 5.82 Å². The van der Waals surface area contributed by atoms with E-state index in [2.05, 4.69) is 15.5 Å². The summed E-state index contributed by atoms with van der Waals surface area (Å²) < 4.78 is 24.2. The Bertz CT molecular complexity index is 1380. The Kier molecular flexibility index (Phi) is 7.67. The van der Waals surface area contributed by atoms with Gasteiger partial charge in [0.1, 0.15) is 31.3 Å². The molecule has 3 aromatic carbocycles. The summed E-state index contributed by atoms with van der Waals surface area (Å²) in [6.07, 6.45) is 0. The van der Waals surface area contributed by atoms with E-state index < -0.39 is 0 Å². The van der Waals surface area contributed by atoms with E-state index >= 15 is 0 Å². The molecule has 11 heteroatoms. The molecule has 0 atom stereocenters. The summed E-state index contributed by atoms with van der Waals surface area (Å²) in [5, 5.41) is 12.7. The number of anilines is 1. The molecule has 0 bridgehead atoms. The van der Waals surface area contributed by atoms with E-state index in [4.69, 9.17) is 30.5 Å². The Hall–Kier alpha value is -3.89. The summed E-state index contributed by atoms with van der Waals surface area (Å²) in [4.78, 5) is 12.7.